The van der Waals surface area contributed by atoms with Crippen molar-refractivity contribution in [3.63, 3.8) is 0 Å². The number of rotatable bonds is 4. The lowest BCUT2D eigenvalue weighted by Crippen LogP contribution is -2.15. The minimum Gasteiger partial charge on any atom is -0.369 e. The summed E-state index contributed by atoms with van der Waals surface area (Å²) in [5.41, 5.74) is 8.04. The maximum Gasteiger partial charge on any atom is 0.223 e. The predicted molar refractivity (Wildman–Crippen MR) is 65.5 cm³/mol. The van der Waals surface area contributed by atoms with Gasteiger partial charge in [0.1, 0.15) is 5.65 Å². The summed E-state index contributed by atoms with van der Waals surface area (Å²) in [6, 6.07) is 3.99. The van der Waals surface area contributed by atoms with Crippen molar-refractivity contribution in [3.05, 3.63) is 35.8 Å². The largest absolute Gasteiger partial charge is 0.369 e. The Morgan fingerprint density at radius 1 is 1.47 bits per heavy atom. The number of nitrogens with zero attached hydrogens (tertiary/aromatic N) is 3. The molecule has 0 aromatic carbocycles. The van der Waals surface area contributed by atoms with Gasteiger partial charge in [-0.3, -0.25) is 4.79 Å². The zero-order valence-corrected chi connectivity index (χ0v) is 10.1. The van der Waals surface area contributed by atoms with Gasteiger partial charge in [0.05, 0.1) is 12.1 Å². The number of imidazole rings is 1. The molecular formula is C12H16N4O. The Kier molecular flexibility index (Phi) is 3.10. The highest BCUT2D eigenvalue weighted by atomic mass is 16.1. The summed E-state index contributed by atoms with van der Waals surface area (Å²) >= 11 is 0. The standard InChI is InChI=1S/C12H16N4O/c1-15(2)7-9-3-4-12-14-6-10(5-11(13)17)16(12)8-9/h3-4,6,8H,5,7H2,1-2H3,(H2,13,17). The van der Waals surface area contributed by atoms with E-state index in [2.05, 4.69) is 9.88 Å². The summed E-state index contributed by atoms with van der Waals surface area (Å²) in [6.07, 6.45) is 3.91. The molecule has 5 nitrogen and oxygen atoms in total. The molecule has 2 aromatic rings. The average Bonchev–Trinajstić information content (AvgIpc) is 2.59. The molecular weight excluding hydrogens is 216 g/mol. The molecule has 0 atom stereocenters. The third-order valence-corrected chi connectivity index (χ3v) is 2.50. The van der Waals surface area contributed by atoms with Gasteiger partial charge in [-0.25, -0.2) is 4.98 Å². The lowest BCUT2D eigenvalue weighted by molar-refractivity contribution is -0.117. The number of carbonyl (C=O) groups excluding carboxylic acids is 1. The molecule has 0 spiro atoms. The third-order valence-electron chi connectivity index (χ3n) is 2.50. The monoisotopic (exact) mass is 232 g/mol. The van der Waals surface area contributed by atoms with Crippen molar-refractivity contribution in [3.8, 4) is 0 Å². The minimum atomic E-state index is -0.343. The van der Waals surface area contributed by atoms with Crippen molar-refractivity contribution < 1.29 is 4.79 Å². The van der Waals surface area contributed by atoms with E-state index in [9.17, 15) is 4.79 Å². The van der Waals surface area contributed by atoms with E-state index in [1.165, 1.54) is 5.56 Å². The van der Waals surface area contributed by atoms with Gasteiger partial charge < -0.3 is 15.0 Å². The Morgan fingerprint density at radius 2 is 2.24 bits per heavy atom. The second-order valence-electron chi connectivity index (χ2n) is 4.40. The Bertz CT molecular complexity index is 544. The van der Waals surface area contributed by atoms with Gasteiger partial charge in [0.2, 0.25) is 5.91 Å². The summed E-state index contributed by atoms with van der Waals surface area (Å²) in [5, 5.41) is 0. The first kappa shape index (κ1) is 11.6. The molecule has 1 amide bonds. The van der Waals surface area contributed by atoms with Crippen LogP contribution in [0.2, 0.25) is 0 Å². The van der Waals surface area contributed by atoms with Crippen LogP contribution in [-0.2, 0) is 17.8 Å². The Hall–Kier alpha value is -1.88. The number of amides is 1. The van der Waals surface area contributed by atoms with Gasteiger partial charge in [0, 0.05) is 18.9 Å². The lowest BCUT2D eigenvalue weighted by Gasteiger charge is -2.10. The van der Waals surface area contributed by atoms with Gasteiger partial charge >= 0.3 is 0 Å². The van der Waals surface area contributed by atoms with Gasteiger partial charge in [-0.15, -0.1) is 0 Å². The van der Waals surface area contributed by atoms with Crippen molar-refractivity contribution in [1.82, 2.24) is 14.3 Å². The van der Waals surface area contributed by atoms with E-state index < -0.39 is 0 Å². The van der Waals surface area contributed by atoms with Gasteiger partial charge in [-0.1, -0.05) is 6.07 Å². The topological polar surface area (TPSA) is 63.6 Å². The second-order valence-corrected chi connectivity index (χ2v) is 4.40. The molecule has 0 aliphatic rings. The Morgan fingerprint density at radius 3 is 2.88 bits per heavy atom. The first-order valence-electron chi connectivity index (χ1n) is 5.44. The molecule has 90 valence electrons. The fourth-order valence-corrected chi connectivity index (χ4v) is 1.84. The van der Waals surface area contributed by atoms with Gasteiger partial charge in [-0.2, -0.15) is 0 Å². The number of pyridine rings is 1. The van der Waals surface area contributed by atoms with Gasteiger partial charge in [-0.05, 0) is 25.7 Å². The number of primary amides is 1. The molecule has 0 radical (unpaired) electrons. The molecule has 2 aromatic heterocycles. The molecule has 0 unspecified atom stereocenters. The second kappa shape index (κ2) is 4.55. The van der Waals surface area contributed by atoms with Gasteiger partial charge in [0.15, 0.2) is 0 Å². The quantitative estimate of drug-likeness (QED) is 0.831. The molecule has 5 heteroatoms. The molecule has 2 rings (SSSR count). The molecule has 0 bridgehead atoms. The van der Waals surface area contributed by atoms with Crippen LogP contribution >= 0.6 is 0 Å². The Labute approximate surface area is 99.9 Å². The Balaban J connectivity index is 2.39. The third kappa shape index (κ3) is 2.62. The molecule has 0 saturated heterocycles. The highest BCUT2D eigenvalue weighted by molar-refractivity contribution is 5.76. The number of hydrogen-bond acceptors (Lipinski definition) is 3. The fourth-order valence-electron chi connectivity index (χ4n) is 1.84. The van der Waals surface area contributed by atoms with Gasteiger partial charge in [0.25, 0.3) is 0 Å². The summed E-state index contributed by atoms with van der Waals surface area (Å²) in [4.78, 5) is 17.3. The van der Waals surface area contributed by atoms with E-state index in [4.69, 9.17) is 5.73 Å². The number of carbonyl (C=O) groups is 1. The van der Waals surface area contributed by atoms with Crippen molar-refractivity contribution in [1.29, 1.82) is 0 Å². The van der Waals surface area contributed by atoms with Crippen molar-refractivity contribution in [2.24, 2.45) is 5.73 Å². The fraction of sp³-hybridized carbons (Fsp3) is 0.333. The maximum atomic E-state index is 10.9. The molecule has 0 saturated carbocycles. The molecule has 0 fully saturated rings. The number of aromatic nitrogens is 2. The van der Waals surface area contributed by atoms with Crippen LogP contribution in [0, 0.1) is 0 Å². The normalized spacial score (nSPS) is 11.2. The van der Waals surface area contributed by atoms with Crippen LogP contribution in [0.4, 0.5) is 0 Å². The number of nitrogens with two attached hydrogens (primary N) is 1. The zero-order chi connectivity index (χ0) is 12.4. The number of hydrogen-bond donors (Lipinski definition) is 1. The summed E-state index contributed by atoms with van der Waals surface area (Å²) in [6.45, 7) is 0.851. The minimum absolute atomic E-state index is 0.215. The molecule has 0 aliphatic heterocycles. The van der Waals surface area contributed by atoms with E-state index in [1.807, 2.05) is 36.8 Å². The molecule has 2 N–H and O–H groups in total. The predicted octanol–water partition coefficient (Wildman–Crippen LogP) is 0.424. The zero-order valence-electron chi connectivity index (χ0n) is 10.1. The average molecular weight is 232 g/mol. The van der Waals surface area contributed by atoms with Crippen LogP contribution in [0.3, 0.4) is 0 Å². The van der Waals surface area contributed by atoms with Crippen molar-refractivity contribution >= 4 is 11.6 Å². The summed E-state index contributed by atoms with van der Waals surface area (Å²) < 4.78 is 1.92. The first-order chi connectivity index (χ1) is 8.06. The van der Waals surface area contributed by atoms with Crippen molar-refractivity contribution in [2.45, 2.75) is 13.0 Å². The van der Waals surface area contributed by atoms with E-state index >= 15 is 0 Å². The van der Waals surface area contributed by atoms with Crippen LogP contribution in [0.25, 0.3) is 5.65 Å². The smallest absolute Gasteiger partial charge is 0.223 e. The van der Waals surface area contributed by atoms with Crippen LogP contribution < -0.4 is 5.73 Å². The molecule has 0 aliphatic carbocycles. The maximum absolute atomic E-state index is 10.9. The molecule has 2 heterocycles. The van der Waals surface area contributed by atoms with Crippen LogP contribution in [0.1, 0.15) is 11.3 Å². The van der Waals surface area contributed by atoms with E-state index in [0.717, 1.165) is 17.9 Å². The van der Waals surface area contributed by atoms with E-state index in [1.54, 1.807) is 6.20 Å². The summed E-state index contributed by atoms with van der Waals surface area (Å²) in [7, 11) is 4.03. The summed E-state index contributed by atoms with van der Waals surface area (Å²) in [5.74, 6) is -0.343. The van der Waals surface area contributed by atoms with E-state index in [0.29, 0.717) is 0 Å². The van der Waals surface area contributed by atoms with Crippen LogP contribution in [0.15, 0.2) is 24.5 Å². The number of fused-ring (bicyclic) bond motifs is 1. The SMILES string of the molecule is CN(C)Cc1ccc2ncc(CC(N)=O)n2c1. The highest BCUT2D eigenvalue weighted by Gasteiger charge is 2.07. The first-order valence-corrected chi connectivity index (χ1v) is 5.44. The van der Waals surface area contributed by atoms with Crippen LogP contribution in [0.5, 0.6) is 0 Å². The van der Waals surface area contributed by atoms with Crippen LogP contribution in [-0.4, -0.2) is 34.3 Å². The highest BCUT2D eigenvalue weighted by Crippen LogP contribution is 2.10. The van der Waals surface area contributed by atoms with E-state index in [-0.39, 0.29) is 12.3 Å². The van der Waals surface area contributed by atoms with Crippen molar-refractivity contribution in [2.75, 3.05) is 14.1 Å². The lowest BCUT2D eigenvalue weighted by atomic mass is 10.2. The molecule has 17 heavy (non-hydrogen) atoms.